The number of anilines is 2. The van der Waals surface area contributed by atoms with Crippen molar-refractivity contribution >= 4 is 23.8 Å². The maximum atomic E-state index is 9.53. The Morgan fingerprint density at radius 1 is 1.19 bits per heavy atom. The van der Waals surface area contributed by atoms with Crippen LogP contribution in [0.5, 0.6) is 0 Å². The number of nitriles is 1. The van der Waals surface area contributed by atoms with Crippen molar-refractivity contribution < 1.29 is 0 Å². The Kier molecular flexibility index (Phi) is 6.84. The molecule has 0 radical (unpaired) electrons. The number of fused-ring (bicyclic) bond motifs is 1. The molecular formula is C17H26ClN3. The molecule has 0 N–H and O–H groups in total. The largest absolute Gasteiger partial charge is 0.349 e. The maximum Gasteiger partial charge on any atom is 0.186 e. The van der Waals surface area contributed by atoms with Crippen LogP contribution in [0.1, 0.15) is 52.0 Å². The van der Waals surface area contributed by atoms with Gasteiger partial charge in [0.2, 0.25) is 0 Å². The molecule has 4 heteroatoms. The number of unbranched alkanes of at least 4 members (excludes halogenated alkanes) is 2. The first kappa shape index (κ1) is 17.7. The molecule has 1 unspecified atom stereocenters. The van der Waals surface area contributed by atoms with Crippen LogP contribution in [0.2, 0.25) is 0 Å². The number of aryl methyl sites for hydroxylation is 1. The Morgan fingerprint density at radius 2 is 1.90 bits per heavy atom. The fraction of sp³-hybridized carbons (Fsp3) is 0.588. The summed E-state index contributed by atoms with van der Waals surface area (Å²) in [7, 11) is 0. The van der Waals surface area contributed by atoms with Crippen LogP contribution in [0.4, 0.5) is 11.4 Å². The van der Waals surface area contributed by atoms with Gasteiger partial charge in [-0.1, -0.05) is 38.8 Å². The zero-order valence-electron chi connectivity index (χ0n) is 13.3. The number of hydrogen-bond acceptors (Lipinski definition) is 3. The van der Waals surface area contributed by atoms with E-state index in [4.69, 9.17) is 0 Å². The van der Waals surface area contributed by atoms with Gasteiger partial charge >= 0.3 is 0 Å². The molecule has 116 valence electrons. The van der Waals surface area contributed by atoms with E-state index in [1.807, 2.05) is 4.90 Å². The molecule has 0 amide bonds. The van der Waals surface area contributed by atoms with E-state index >= 15 is 0 Å². The summed E-state index contributed by atoms with van der Waals surface area (Å²) in [5.74, 6) is 0. The molecule has 21 heavy (non-hydrogen) atoms. The van der Waals surface area contributed by atoms with Gasteiger partial charge in [0.25, 0.3) is 0 Å². The summed E-state index contributed by atoms with van der Waals surface area (Å²) in [6.07, 6.45) is 8.30. The van der Waals surface area contributed by atoms with Crippen LogP contribution in [0.15, 0.2) is 18.2 Å². The quantitative estimate of drug-likeness (QED) is 0.713. The molecule has 2 rings (SSSR count). The minimum Gasteiger partial charge on any atom is -0.349 e. The molecule has 3 nitrogen and oxygen atoms in total. The molecule has 0 spiro atoms. The number of para-hydroxylation sites is 1. The van der Waals surface area contributed by atoms with Crippen molar-refractivity contribution in [2.75, 3.05) is 16.3 Å². The molecule has 0 bridgehead atoms. The lowest BCUT2D eigenvalue weighted by atomic mass is 10.0. The molecule has 0 saturated carbocycles. The highest BCUT2D eigenvalue weighted by Gasteiger charge is 2.34. The SMILES string of the molecule is CCCCc1cccc2c1N(C#N)C(C)N2CCCC.Cl. The highest BCUT2D eigenvalue weighted by molar-refractivity contribution is 5.85. The summed E-state index contributed by atoms with van der Waals surface area (Å²) in [5, 5.41) is 9.53. The second-order valence-electron chi connectivity index (χ2n) is 5.54. The van der Waals surface area contributed by atoms with E-state index in [-0.39, 0.29) is 18.6 Å². The average molecular weight is 308 g/mol. The van der Waals surface area contributed by atoms with E-state index in [1.54, 1.807) is 0 Å². The minimum atomic E-state index is 0. The molecular weight excluding hydrogens is 282 g/mol. The van der Waals surface area contributed by atoms with Crippen molar-refractivity contribution in [2.45, 2.75) is 59.0 Å². The second kappa shape index (κ2) is 8.14. The van der Waals surface area contributed by atoms with E-state index in [0.717, 1.165) is 18.7 Å². The average Bonchev–Trinajstić information content (AvgIpc) is 2.74. The first-order valence-electron chi connectivity index (χ1n) is 7.82. The van der Waals surface area contributed by atoms with Gasteiger partial charge in [-0.25, -0.2) is 0 Å². The topological polar surface area (TPSA) is 30.3 Å². The van der Waals surface area contributed by atoms with Crippen LogP contribution in [0, 0.1) is 11.5 Å². The summed E-state index contributed by atoms with van der Waals surface area (Å²) in [6, 6.07) is 6.47. The first-order chi connectivity index (χ1) is 9.74. The van der Waals surface area contributed by atoms with Gasteiger partial charge in [-0.05, 0) is 37.8 Å². The molecule has 1 aromatic carbocycles. The molecule has 1 heterocycles. The Morgan fingerprint density at radius 3 is 2.52 bits per heavy atom. The van der Waals surface area contributed by atoms with Crippen LogP contribution in [-0.4, -0.2) is 12.7 Å². The van der Waals surface area contributed by atoms with Crippen molar-refractivity contribution in [3.8, 4) is 6.19 Å². The van der Waals surface area contributed by atoms with Crippen molar-refractivity contribution in [1.29, 1.82) is 5.26 Å². The van der Waals surface area contributed by atoms with E-state index in [0.29, 0.717) is 0 Å². The third-order valence-corrected chi connectivity index (χ3v) is 4.13. The monoisotopic (exact) mass is 307 g/mol. The van der Waals surface area contributed by atoms with Gasteiger partial charge in [0.05, 0.1) is 11.4 Å². The van der Waals surface area contributed by atoms with Gasteiger partial charge in [0, 0.05) is 6.54 Å². The highest BCUT2D eigenvalue weighted by Crippen LogP contribution is 2.42. The molecule has 1 aliphatic heterocycles. The number of benzene rings is 1. The number of halogens is 1. The standard InChI is InChI=1S/C17H25N3.ClH/c1-4-6-9-15-10-8-11-16-17(15)20(13-18)14(3)19(16)12-7-5-2;/h8,10-11,14H,4-7,9,12H2,1-3H3;1H. The molecule has 0 aromatic heterocycles. The van der Waals surface area contributed by atoms with Gasteiger partial charge in [-0.2, -0.15) is 5.26 Å². The molecule has 1 atom stereocenters. The molecule has 1 aliphatic rings. The summed E-state index contributed by atoms with van der Waals surface area (Å²) < 4.78 is 0. The van der Waals surface area contributed by atoms with Gasteiger partial charge in [-0.3, -0.25) is 4.90 Å². The Bertz CT molecular complexity index is 495. The minimum absolute atomic E-state index is 0. The zero-order valence-corrected chi connectivity index (χ0v) is 14.1. The van der Waals surface area contributed by atoms with Crippen LogP contribution >= 0.6 is 12.4 Å². The molecule has 0 saturated heterocycles. The normalized spacial score (nSPS) is 16.4. The number of hydrogen-bond donors (Lipinski definition) is 0. The van der Waals surface area contributed by atoms with Gasteiger partial charge in [0.15, 0.2) is 6.19 Å². The third-order valence-electron chi connectivity index (χ3n) is 4.13. The van der Waals surface area contributed by atoms with Gasteiger partial charge in [0.1, 0.15) is 6.17 Å². The van der Waals surface area contributed by atoms with Crippen molar-refractivity contribution in [2.24, 2.45) is 0 Å². The number of nitrogens with zero attached hydrogens (tertiary/aromatic N) is 3. The smallest absolute Gasteiger partial charge is 0.186 e. The first-order valence-corrected chi connectivity index (χ1v) is 7.82. The summed E-state index contributed by atoms with van der Waals surface area (Å²) >= 11 is 0. The number of rotatable bonds is 6. The van der Waals surface area contributed by atoms with E-state index in [2.05, 4.69) is 50.1 Å². The van der Waals surface area contributed by atoms with E-state index in [9.17, 15) is 5.26 Å². The van der Waals surface area contributed by atoms with Crippen LogP contribution in [0.3, 0.4) is 0 Å². The zero-order chi connectivity index (χ0) is 14.5. The highest BCUT2D eigenvalue weighted by atomic mass is 35.5. The maximum absolute atomic E-state index is 9.53. The fourth-order valence-electron chi connectivity index (χ4n) is 2.95. The predicted molar refractivity (Wildman–Crippen MR) is 92.1 cm³/mol. The van der Waals surface area contributed by atoms with Crippen molar-refractivity contribution in [1.82, 2.24) is 0 Å². The van der Waals surface area contributed by atoms with E-state index < -0.39 is 0 Å². The lowest BCUT2D eigenvalue weighted by molar-refractivity contribution is 0.643. The fourth-order valence-corrected chi connectivity index (χ4v) is 2.95. The van der Waals surface area contributed by atoms with Gasteiger partial charge < -0.3 is 4.90 Å². The van der Waals surface area contributed by atoms with Crippen molar-refractivity contribution in [3.63, 3.8) is 0 Å². The van der Waals surface area contributed by atoms with Gasteiger partial charge in [-0.15, -0.1) is 12.4 Å². The summed E-state index contributed by atoms with van der Waals surface area (Å²) in [5.41, 5.74) is 3.70. The molecule has 0 aliphatic carbocycles. The molecule has 1 aromatic rings. The Balaban J connectivity index is 0.00000220. The Labute approximate surface area is 135 Å². The Hall–Kier alpha value is -1.40. The van der Waals surface area contributed by atoms with E-state index in [1.165, 1.54) is 36.9 Å². The second-order valence-corrected chi connectivity index (χ2v) is 5.54. The summed E-state index contributed by atoms with van der Waals surface area (Å²) in [4.78, 5) is 4.26. The molecule has 0 fully saturated rings. The third kappa shape index (κ3) is 3.44. The van der Waals surface area contributed by atoms with Crippen LogP contribution < -0.4 is 9.80 Å². The predicted octanol–water partition coefficient (Wildman–Crippen LogP) is 4.70. The van der Waals surface area contributed by atoms with Crippen molar-refractivity contribution in [3.05, 3.63) is 23.8 Å². The lowest BCUT2D eigenvalue weighted by Crippen LogP contribution is -2.39. The lowest BCUT2D eigenvalue weighted by Gasteiger charge is -2.25. The van der Waals surface area contributed by atoms with Crippen LogP contribution in [-0.2, 0) is 6.42 Å². The summed E-state index contributed by atoms with van der Waals surface area (Å²) in [6.45, 7) is 7.57. The van der Waals surface area contributed by atoms with Crippen LogP contribution in [0.25, 0.3) is 0 Å².